The lowest BCUT2D eigenvalue weighted by molar-refractivity contribution is -0.114. The van der Waals surface area contributed by atoms with Gasteiger partial charge in [-0.25, -0.2) is 4.39 Å². The van der Waals surface area contributed by atoms with Crippen molar-refractivity contribution < 1.29 is 14.3 Å². The molecule has 2 aromatic rings. The molecule has 0 bridgehead atoms. The number of benzene rings is 1. The number of aryl methyl sites for hydroxylation is 1. The first-order chi connectivity index (χ1) is 13.8. The second-order valence-corrected chi connectivity index (χ2v) is 8.21. The van der Waals surface area contributed by atoms with Crippen molar-refractivity contribution in [3.63, 3.8) is 0 Å². The van der Waals surface area contributed by atoms with E-state index in [1.54, 1.807) is 12.3 Å². The summed E-state index contributed by atoms with van der Waals surface area (Å²) in [5, 5.41) is 10.5. The third-order valence-corrected chi connectivity index (χ3v) is 5.07. The quantitative estimate of drug-likeness (QED) is 0.495. The number of anilines is 1. The number of amides is 1. The molecule has 0 radical (unpaired) electrons. The van der Waals surface area contributed by atoms with Gasteiger partial charge in [0.1, 0.15) is 5.82 Å². The van der Waals surface area contributed by atoms with Crippen LogP contribution in [0.3, 0.4) is 0 Å². The van der Waals surface area contributed by atoms with Gasteiger partial charge in [0.15, 0.2) is 0 Å². The van der Waals surface area contributed by atoms with E-state index in [4.69, 9.17) is 5.11 Å². The number of hydrogen-bond donors (Lipinski definition) is 2. The number of fused-ring (bicyclic) bond motifs is 1. The minimum atomic E-state index is -0.373. The fourth-order valence-electron chi connectivity index (χ4n) is 2.51. The molecular weight excluding hydrogens is 435 g/mol. The molecule has 1 fully saturated rings. The Bertz CT molecular complexity index is 740. The summed E-state index contributed by atoms with van der Waals surface area (Å²) in [6.45, 7) is 9.92. The van der Waals surface area contributed by atoms with Crippen molar-refractivity contribution in [3.8, 4) is 0 Å². The highest BCUT2D eigenvalue weighted by Gasteiger charge is 2.10. The topological polar surface area (TPSA) is 62.2 Å². The largest absolute Gasteiger partial charge is 0.400 e. The molecule has 0 aliphatic heterocycles. The number of nitrogens with one attached hydrogen (secondary N) is 1. The van der Waals surface area contributed by atoms with Gasteiger partial charge in [-0.05, 0) is 40.4 Å². The highest BCUT2D eigenvalue weighted by molar-refractivity contribution is 9.10. The summed E-state index contributed by atoms with van der Waals surface area (Å²) in [6, 6.07) is 2.96. The molecule has 0 atom stereocenters. The fraction of sp³-hybridized carbons (Fsp3) is 0.565. The van der Waals surface area contributed by atoms with Crippen molar-refractivity contribution >= 4 is 38.4 Å². The average molecular weight is 471 g/mol. The molecule has 4 nitrogen and oxygen atoms in total. The third kappa shape index (κ3) is 10.7. The van der Waals surface area contributed by atoms with Gasteiger partial charge in [-0.2, -0.15) is 0 Å². The van der Waals surface area contributed by atoms with Gasteiger partial charge >= 0.3 is 0 Å². The number of aromatic nitrogens is 1. The number of aliphatic hydroxyl groups is 1. The van der Waals surface area contributed by atoms with Crippen molar-refractivity contribution in [2.75, 3.05) is 12.4 Å². The lowest BCUT2D eigenvalue weighted by Gasteiger charge is -2.10. The Labute approximate surface area is 183 Å². The van der Waals surface area contributed by atoms with Gasteiger partial charge in [-0.1, -0.05) is 59.3 Å². The molecule has 29 heavy (non-hydrogen) atoms. The van der Waals surface area contributed by atoms with E-state index in [0.717, 1.165) is 18.6 Å². The Morgan fingerprint density at radius 1 is 1.21 bits per heavy atom. The van der Waals surface area contributed by atoms with Gasteiger partial charge in [-0.3, -0.25) is 9.78 Å². The molecule has 1 heterocycles. The van der Waals surface area contributed by atoms with Crippen LogP contribution in [0.1, 0.15) is 71.8 Å². The van der Waals surface area contributed by atoms with Crippen LogP contribution >= 0.6 is 15.9 Å². The third-order valence-electron chi connectivity index (χ3n) is 4.47. The second-order valence-electron chi connectivity index (χ2n) is 7.35. The molecule has 1 aromatic carbocycles. The predicted octanol–water partition coefficient (Wildman–Crippen LogP) is 7.01. The number of carbonyl (C=O) groups excluding carboxylic acids is 1. The van der Waals surface area contributed by atoms with Crippen LogP contribution in [0, 0.1) is 18.7 Å². The van der Waals surface area contributed by atoms with Gasteiger partial charge < -0.3 is 10.4 Å². The van der Waals surface area contributed by atoms with Crippen LogP contribution in [0.25, 0.3) is 10.9 Å². The lowest BCUT2D eigenvalue weighted by atomic mass is 10.1. The van der Waals surface area contributed by atoms with Crippen molar-refractivity contribution in [2.24, 2.45) is 5.92 Å². The molecule has 1 saturated carbocycles. The number of pyridine rings is 1. The summed E-state index contributed by atoms with van der Waals surface area (Å²) in [7, 11) is 1.00. The van der Waals surface area contributed by atoms with Gasteiger partial charge in [-0.15, -0.1) is 0 Å². The molecule has 3 rings (SSSR count). The van der Waals surface area contributed by atoms with E-state index in [2.05, 4.69) is 47.0 Å². The number of carbonyl (C=O) groups is 1. The van der Waals surface area contributed by atoms with Gasteiger partial charge in [0.25, 0.3) is 0 Å². The van der Waals surface area contributed by atoms with E-state index in [1.165, 1.54) is 51.5 Å². The van der Waals surface area contributed by atoms with Crippen LogP contribution in [-0.2, 0) is 4.79 Å². The molecule has 0 spiro atoms. The van der Waals surface area contributed by atoms with Gasteiger partial charge in [0, 0.05) is 31.7 Å². The van der Waals surface area contributed by atoms with Gasteiger partial charge in [0.05, 0.1) is 15.7 Å². The van der Waals surface area contributed by atoms with E-state index < -0.39 is 0 Å². The van der Waals surface area contributed by atoms with E-state index in [1.807, 2.05) is 6.92 Å². The van der Waals surface area contributed by atoms with Crippen molar-refractivity contribution in [2.45, 2.75) is 73.1 Å². The fourth-order valence-corrected chi connectivity index (χ4v) is 2.86. The summed E-state index contributed by atoms with van der Waals surface area (Å²) in [4.78, 5) is 15.3. The Hall–Kier alpha value is -1.53. The van der Waals surface area contributed by atoms with Crippen molar-refractivity contribution in [1.29, 1.82) is 0 Å². The molecule has 1 aliphatic carbocycles. The summed E-state index contributed by atoms with van der Waals surface area (Å²) < 4.78 is 13.7. The SMILES string of the molecule is C1CCCC1.CC(=O)Nc1c(C)cnc2cc(F)c(Br)cc12.CCC(C)C.CO. The van der Waals surface area contributed by atoms with E-state index in [9.17, 15) is 9.18 Å². The number of rotatable bonds is 2. The molecule has 1 aromatic heterocycles. The number of halogens is 2. The molecule has 1 amide bonds. The lowest BCUT2D eigenvalue weighted by Crippen LogP contribution is -2.08. The normalized spacial score (nSPS) is 12.2. The highest BCUT2D eigenvalue weighted by atomic mass is 79.9. The summed E-state index contributed by atoms with van der Waals surface area (Å²) in [5.74, 6) is 0.346. The standard InChI is InChI=1S/C12H10BrFN2O.C5H10.C5H12.CH4O/c1-6-5-15-11-4-10(14)9(13)3-8(11)12(6)16-7(2)17;1-2-4-5-3-1;1-4-5(2)3;1-2/h3-5H,1-2H3,(H,15,16,17);1-5H2;5H,4H2,1-3H3;2H,1H3. The smallest absolute Gasteiger partial charge is 0.221 e. The first kappa shape index (κ1) is 27.5. The Kier molecular flexibility index (Phi) is 14.5. The zero-order chi connectivity index (χ0) is 22.4. The predicted molar refractivity (Wildman–Crippen MR) is 125 cm³/mol. The molecule has 6 heteroatoms. The van der Waals surface area contributed by atoms with Crippen molar-refractivity contribution in [1.82, 2.24) is 4.98 Å². The maximum absolute atomic E-state index is 13.4. The van der Waals surface area contributed by atoms with Crippen LogP contribution in [0.4, 0.5) is 10.1 Å². The molecule has 164 valence electrons. The average Bonchev–Trinajstić information content (AvgIpc) is 3.28. The minimum Gasteiger partial charge on any atom is -0.400 e. The number of hydrogen-bond acceptors (Lipinski definition) is 3. The maximum Gasteiger partial charge on any atom is 0.221 e. The molecule has 0 saturated heterocycles. The molecule has 2 N–H and O–H groups in total. The Morgan fingerprint density at radius 2 is 1.69 bits per heavy atom. The van der Waals surface area contributed by atoms with Crippen LogP contribution in [0.2, 0.25) is 0 Å². The zero-order valence-electron chi connectivity index (χ0n) is 18.6. The molecule has 1 aliphatic rings. The van der Waals surface area contributed by atoms with Crippen LogP contribution in [0.5, 0.6) is 0 Å². The molecular formula is C23H36BrFN2O2. The van der Waals surface area contributed by atoms with E-state index in [0.29, 0.717) is 21.1 Å². The monoisotopic (exact) mass is 470 g/mol. The van der Waals surface area contributed by atoms with Crippen LogP contribution in [0.15, 0.2) is 22.8 Å². The first-order valence-electron chi connectivity index (χ1n) is 10.2. The Balaban J connectivity index is 0.000000535. The zero-order valence-corrected chi connectivity index (χ0v) is 20.2. The summed E-state index contributed by atoms with van der Waals surface area (Å²) >= 11 is 3.13. The van der Waals surface area contributed by atoms with Crippen molar-refractivity contribution in [3.05, 3.63) is 34.2 Å². The molecule has 0 unspecified atom stereocenters. The first-order valence-corrected chi connectivity index (χ1v) is 11.0. The Morgan fingerprint density at radius 3 is 2.10 bits per heavy atom. The second kappa shape index (κ2) is 15.3. The van der Waals surface area contributed by atoms with Crippen LogP contribution in [-0.4, -0.2) is 23.1 Å². The summed E-state index contributed by atoms with van der Waals surface area (Å²) in [5.41, 5.74) is 2.02. The van der Waals surface area contributed by atoms with Crippen LogP contribution < -0.4 is 5.32 Å². The maximum atomic E-state index is 13.4. The number of nitrogens with zero attached hydrogens (tertiary/aromatic N) is 1. The van der Waals surface area contributed by atoms with Gasteiger partial charge in [0.2, 0.25) is 5.91 Å². The minimum absolute atomic E-state index is 0.166. The number of aliphatic hydroxyl groups excluding tert-OH is 1. The highest BCUT2D eigenvalue weighted by Crippen LogP contribution is 2.29. The summed E-state index contributed by atoms with van der Waals surface area (Å²) in [6.07, 6.45) is 10.4. The van der Waals surface area contributed by atoms with E-state index in [-0.39, 0.29) is 11.7 Å². The van der Waals surface area contributed by atoms with E-state index >= 15 is 0 Å².